The molecule has 1 aromatic carbocycles. The number of amides is 2. The van der Waals surface area contributed by atoms with Gasteiger partial charge in [-0.2, -0.15) is 0 Å². The molecule has 2 aliphatic rings. The predicted octanol–water partition coefficient (Wildman–Crippen LogP) is 2.26. The fourth-order valence-corrected chi connectivity index (χ4v) is 4.55. The normalized spacial score (nSPS) is 22.6. The Morgan fingerprint density at radius 1 is 1.15 bits per heavy atom. The number of nitrogens with zero attached hydrogens (tertiary/aromatic N) is 4. The third-order valence-electron chi connectivity index (χ3n) is 5.99. The summed E-state index contributed by atoms with van der Waals surface area (Å²) in [6, 6.07) is 10.3. The first-order valence-electron chi connectivity index (χ1n) is 9.73. The summed E-state index contributed by atoms with van der Waals surface area (Å²) in [6.07, 6.45) is 7.41. The molecule has 2 aromatic rings. The molecule has 0 bridgehead atoms. The molecule has 0 radical (unpaired) electrons. The SMILES string of the molecule is Cn1cncc1C(=O)N1CCCC12CCCN(CCc1ccccc1)C2=O. The van der Waals surface area contributed by atoms with E-state index in [1.165, 1.54) is 5.56 Å². The number of likely N-dealkylation sites (tertiary alicyclic amines) is 2. The first kappa shape index (κ1) is 17.8. The molecular weight excluding hydrogens is 340 g/mol. The second-order valence-electron chi connectivity index (χ2n) is 7.61. The van der Waals surface area contributed by atoms with Gasteiger partial charge in [0.15, 0.2) is 0 Å². The van der Waals surface area contributed by atoms with Crippen LogP contribution in [0.1, 0.15) is 41.7 Å². The molecule has 2 aliphatic heterocycles. The lowest BCUT2D eigenvalue weighted by atomic mass is 9.85. The van der Waals surface area contributed by atoms with Crippen LogP contribution in [0.5, 0.6) is 0 Å². The summed E-state index contributed by atoms with van der Waals surface area (Å²) in [6.45, 7) is 2.13. The molecule has 1 unspecified atom stereocenters. The number of aromatic nitrogens is 2. The van der Waals surface area contributed by atoms with Gasteiger partial charge in [-0.1, -0.05) is 30.3 Å². The summed E-state index contributed by atoms with van der Waals surface area (Å²) < 4.78 is 1.73. The standard InChI is InChI=1S/C21H26N4O2/c1-23-16-22-15-18(23)19(26)25-13-6-11-21(25)10-5-12-24(20(21)27)14-9-17-7-3-2-4-8-17/h2-4,7-8,15-16H,5-6,9-14H2,1H3. The Hall–Kier alpha value is -2.63. The van der Waals surface area contributed by atoms with Crippen LogP contribution in [0.4, 0.5) is 0 Å². The minimum atomic E-state index is -0.670. The van der Waals surface area contributed by atoms with Crippen molar-refractivity contribution in [3.63, 3.8) is 0 Å². The number of piperidine rings is 1. The van der Waals surface area contributed by atoms with Gasteiger partial charge in [0.25, 0.3) is 5.91 Å². The minimum absolute atomic E-state index is 0.0780. The van der Waals surface area contributed by atoms with Crippen LogP contribution in [0.25, 0.3) is 0 Å². The highest BCUT2D eigenvalue weighted by Gasteiger charge is 2.52. The van der Waals surface area contributed by atoms with E-state index in [0.29, 0.717) is 18.8 Å². The van der Waals surface area contributed by atoms with Crippen molar-refractivity contribution in [2.24, 2.45) is 7.05 Å². The zero-order valence-corrected chi connectivity index (χ0v) is 15.8. The van der Waals surface area contributed by atoms with Gasteiger partial charge in [-0.05, 0) is 37.7 Å². The number of imidazole rings is 1. The monoisotopic (exact) mass is 366 g/mol. The second-order valence-corrected chi connectivity index (χ2v) is 7.61. The predicted molar refractivity (Wildman–Crippen MR) is 102 cm³/mol. The van der Waals surface area contributed by atoms with E-state index in [9.17, 15) is 9.59 Å². The number of aryl methyl sites for hydroxylation is 1. The topological polar surface area (TPSA) is 58.4 Å². The molecule has 0 aliphatic carbocycles. The molecule has 1 spiro atoms. The van der Waals surface area contributed by atoms with Gasteiger partial charge >= 0.3 is 0 Å². The van der Waals surface area contributed by atoms with E-state index in [2.05, 4.69) is 17.1 Å². The average molecular weight is 366 g/mol. The maximum Gasteiger partial charge on any atom is 0.273 e. The zero-order chi connectivity index (χ0) is 18.9. The summed E-state index contributed by atoms with van der Waals surface area (Å²) in [5, 5.41) is 0. The quantitative estimate of drug-likeness (QED) is 0.834. The van der Waals surface area contributed by atoms with E-state index in [1.807, 2.05) is 35.0 Å². The molecule has 4 rings (SSSR count). The molecule has 142 valence electrons. The van der Waals surface area contributed by atoms with Crippen LogP contribution in [0.15, 0.2) is 42.9 Å². The van der Waals surface area contributed by atoms with Gasteiger partial charge in [0.05, 0.1) is 12.5 Å². The minimum Gasteiger partial charge on any atom is -0.340 e. The third kappa shape index (κ3) is 3.13. The Labute approximate surface area is 159 Å². The van der Waals surface area contributed by atoms with Crippen molar-refractivity contribution in [1.29, 1.82) is 0 Å². The zero-order valence-electron chi connectivity index (χ0n) is 15.8. The van der Waals surface area contributed by atoms with E-state index in [-0.39, 0.29) is 11.8 Å². The van der Waals surface area contributed by atoms with Gasteiger partial charge < -0.3 is 14.4 Å². The molecule has 6 nitrogen and oxygen atoms in total. The fourth-order valence-electron chi connectivity index (χ4n) is 4.55. The Kier molecular flexibility index (Phi) is 4.72. The van der Waals surface area contributed by atoms with Crippen molar-refractivity contribution in [2.45, 2.75) is 37.6 Å². The summed E-state index contributed by atoms with van der Waals surface area (Å²) in [5.74, 6) is 0.0449. The van der Waals surface area contributed by atoms with Crippen LogP contribution in [-0.4, -0.2) is 56.3 Å². The summed E-state index contributed by atoms with van der Waals surface area (Å²) >= 11 is 0. The fraction of sp³-hybridized carbons (Fsp3) is 0.476. The highest BCUT2D eigenvalue weighted by Crippen LogP contribution is 2.39. The Morgan fingerprint density at radius 3 is 2.59 bits per heavy atom. The van der Waals surface area contributed by atoms with Crippen molar-refractivity contribution < 1.29 is 9.59 Å². The van der Waals surface area contributed by atoms with Crippen LogP contribution in [0, 0.1) is 0 Å². The van der Waals surface area contributed by atoms with Gasteiger partial charge in [-0.3, -0.25) is 9.59 Å². The van der Waals surface area contributed by atoms with Gasteiger partial charge in [0.2, 0.25) is 5.91 Å². The third-order valence-corrected chi connectivity index (χ3v) is 5.99. The lowest BCUT2D eigenvalue weighted by molar-refractivity contribution is -0.145. The largest absolute Gasteiger partial charge is 0.340 e. The number of rotatable bonds is 4. The maximum atomic E-state index is 13.4. The number of benzene rings is 1. The van der Waals surface area contributed by atoms with Crippen molar-refractivity contribution in [2.75, 3.05) is 19.6 Å². The smallest absolute Gasteiger partial charge is 0.273 e. The Balaban J connectivity index is 1.53. The van der Waals surface area contributed by atoms with E-state index in [0.717, 1.165) is 38.6 Å². The first-order chi connectivity index (χ1) is 13.1. The van der Waals surface area contributed by atoms with Crippen molar-refractivity contribution in [1.82, 2.24) is 19.4 Å². The van der Waals surface area contributed by atoms with Crippen molar-refractivity contribution in [3.8, 4) is 0 Å². The molecule has 2 amide bonds. The van der Waals surface area contributed by atoms with E-state index >= 15 is 0 Å². The van der Waals surface area contributed by atoms with Gasteiger partial charge in [-0.15, -0.1) is 0 Å². The van der Waals surface area contributed by atoms with Gasteiger partial charge in [-0.25, -0.2) is 4.98 Å². The van der Waals surface area contributed by atoms with Crippen LogP contribution < -0.4 is 0 Å². The number of carbonyl (C=O) groups is 2. The van der Waals surface area contributed by atoms with Gasteiger partial charge in [0, 0.05) is 26.7 Å². The van der Waals surface area contributed by atoms with Gasteiger partial charge in [0.1, 0.15) is 11.2 Å². The second kappa shape index (κ2) is 7.18. The number of hydrogen-bond acceptors (Lipinski definition) is 3. The Bertz CT molecular complexity index is 832. The molecule has 0 N–H and O–H groups in total. The van der Waals surface area contributed by atoms with E-state index in [1.54, 1.807) is 17.1 Å². The molecule has 2 fully saturated rings. The van der Waals surface area contributed by atoms with Crippen LogP contribution >= 0.6 is 0 Å². The molecule has 1 atom stereocenters. The van der Waals surface area contributed by atoms with Crippen LogP contribution in [-0.2, 0) is 18.3 Å². The first-order valence-corrected chi connectivity index (χ1v) is 9.73. The lowest BCUT2D eigenvalue weighted by Gasteiger charge is -2.44. The summed E-state index contributed by atoms with van der Waals surface area (Å²) in [5.41, 5.74) is 1.11. The molecule has 1 aromatic heterocycles. The van der Waals surface area contributed by atoms with E-state index < -0.39 is 5.54 Å². The molecular formula is C21H26N4O2. The molecule has 6 heteroatoms. The molecule has 0 saturated carbocycles. The lowest BCUT2D eigenvalue weighted by Crippen LogP contribution is -2.61. The van der Waals surface area contributed by atoms with Crippen LogP contribution in [0.3, 0.4) is 0 Å². The summed E-state index contributed by atoms with van der Waals surface area (Å²) in [4.78, 5) is 34.4. The van der Waals surface area contributed by atoms with Crippen molar-refractivity contribution >= 4 is 11.8 Å². The van der Waals surface area contributed by atoms with Crippen LogP contribution in [0.2, 0.25) is 0 Å². The summed E-state index contributed by atoms with van der Waals surface area (Å²) in [7, 11) is 1.82. The maximum absolute atomic E-state index is 13.4. The number of carbonyl (C=O) groups excluding carboxylic acids is 2. The highest BCUT2D eigenvalue weighted by molar-refractivity contribution is 5.99. The Morgan fingerprint density at radius 2 is 1.89 bits per heavy atom. The molecule has 27 heavy (non-hydrogen) atoms. The van der Waals surface area contributed by atoms with E-state index in [4.69, 9.17) is 0 Å². The molecule has 2 saturated heterocycles. The average Bonchev–Trinajstić information content (AvgIpc) is 3.30. The number of hydrogen-bond donors (Lipinski definition) is 0. The molecule has 3 heterocycles. The van der Waals surface area contributed by atoms with Crippen molar-refractivity contribution in [3.05, 3.63) is 54.1 Å². The highest BCUT2D eigenvalue weighted by atomic mass is 16.2.